The number of nitrogens with zero attached hydrogens (tertiary/aromatic N) is 3. The van der Waals surface area contributed by atoms with Crippen LogP contribution in [0.4, 0.5) is 20.7 Å². The van der Waals surface area contributed by atoms with Crippen molar-refractivity contribution in [2.24, 2.45) is 0 Å². The van der Waals surface area contributed by atoms with Crippen molar-refractivity contribution in [3.63, 3.8) is 0 Å². The zero-order chi connectivity index (χ0) is 25.0. The van der Waals surface area contributed by atoms with Gasteiger partial charge < -0.3 is 15.5 Å². The number of halogens is 2. The number of aromatic nitrogens is 2. The van der Waals surface area contributed by atoms with E-state index in [-0.39, 0.29) is 22.9 Å². The number of hydrogen-bond donors (Lipinski definition) is 2. The molecule has 3 amide bonds. The maximum Gasteiger partial charge on any atom is 0.322 e. The Morgan fingerprint density at radius 3 is 2.44 bits per heavy atom. The van der Waals surface area contributed by atoms with Gasteiger partial charge in [-0.3, -0.25) is 4.79 Å². The van der Waals surface area contributed by atoms with Crippen molar-refractivity contribution in [1.82, 2.24) is 14.7 Å². The average Bonchev–Trinajstić information content (AvgIpc) is 3.18. The molecule has 0 saturated heterocycles. The van der Waals surface area contributed by atoms with Crippen molar-refractivity contribution in [1.29, 1.82) is 0 Å². The predicted octanol–water partition coefficient (Wildman–Crippen LogP) is 5.76. The summed E-state index contributed by atoms with van der Waals surface area (Å²) in [6.07, 6.45) is 0. The minimum Gasteiger partial charge on any atom is -0.315 e. The molecule has 2 N–H and O–H groups in total. The van der Waals surface area contributed by atoms with E-state index in [0.29, 0.717) is 18.1 Å². The second-order valence-electron chi connectivity index (χ2n) is 8.98. The topological polar surface area (TPSA) is 79.3 Å². The molecular formula is C25H29ClFN5O2. The van der Waals surface area contributed by atoms with Crippen LogP contribution in [0.5, 0.6) is 0 Å². The van der Waals surface area contributed by atoms with E-state index >= 15 is 0 Å². The standard InChI is InChI=1S/C25H29ClFN5O2/c1-6-31(24(34)28-17-11-12-19(27)18(26)13-17)15-23(33)29-22-14-21(25(3,4)5)30-32(22)20-10-8-7-9-16(20)2/h7-14H,6,15H2,1-5H3,(H,28,34)(H,29,33). The Balaban J connectivity index is 1.78. The number of para-hydroxylation sites is 1. The molecule has 1 heterocycles. The SMILES string of the molecule is CCN(CC(=O)Nc1cc(C(C)(C)C)nn1-c1ccccc1C)C(=O)Nc1ccc(F)c(Cl)c1. The van der Waals surface area contributed by atoms with Crippen LogP contribution < -0.4 is 10.6 Å². The summed E-state index contributed by atoms with van der Waals surface area (Å²) in [6, 6.07) is 13.0. The second kappa shape index (κ2) is 10.3. The Morgan fingerprint density at radius 2 is 1.82 bits per heavy atom. The first-order chi connectivity index (χ1) is 16.0. The minimum absolute atomic E-state index is 0.0993. The first-order valence-electron chi connectivity index (χ1n) is 11.0. The van der Waals surface area contributed by atoms with Gasteiger partial charge in [-0.05, 0) is 43.7 Å². The number of carbonyl (C=O) groups is 2. The summed E-state index contributed by atoms with van der Waals surface area (Å²) in [5, 5.41) is 10.2. The lowest BCUT2D eigenvalue weighted by molar-refractivity contribution is -0.116. The fraction of sp³-hybridized carbons (Fsp3) is 0.320. The van der Waals surface area contributed by atoms with Gasteiger partial charge in [0.15, 0.2) is 0 Å². The van der Waals surface area contributed by atoms with E-state index in [0.717, 1.165) is 16.9 Å². The molecule has 0 aliphatic carbocycles. The lowest BCUT2D eigenvalue weighted by Crippen LogP contribution is -2.40. The van der Waals surface area contributed by atoms with Crippen LogP contribution in [0.2, 0.25) is 5.02 Å². The largest absolute Gasteiger partial charge is 0.322 e. The van der Waals surface area contributed by atoms with Gasteiger partial charge in [-0.15, -0.1) is 0 Å². The van der Waals surface area contributed by atoms with Gasteiger partial charge >= 0.3 is 6.03 Å². The molecule has 3 aromatic rings. The number of amides is 3. The molecule has 0 aliphatic heterocycles. The molecule has 3 rings (SSSR count). The number of rotatable bonds is 6. The van der Waals surface area contributed by atoms with Crippen LogP contribution in [-0.2, 0) is 10.2 Å². The van der Waals surface area contributed by atoms with E-state index in [1.54, 1.807) is 11.6 Å². The van der Waals surface area contributed by atoms with Gasteiger partial charge in [0.2, 0.25) is 5.91 Å². The number of hydrogen-bond acceptors (Lipinski definition) is 3. The maximum absolute atomic E-state index is 13.4. The van der Waals surface area contributed by atoms with Gasteiger partial charge in [0.1, 0.15) is 18.2 Å². The lowest BCUT2D eigenvalue weighted by atomic mass is 9.92. The van der Waals surface area contributed by atoms with Crippen molar-refractivity contribution in [3.05, 3.63) is 70.6 Å². The molecule has 0 unspecified atom stereocenters. The molecule has 0 aliphatic rings. The van der Waals surface area contributed by atoms with Gasteiger partial charge in [0, 0.05) is 23.7 Å². The molecule has 7 nitrogen and oxygen atoms in total. The highest BCUT2D eigenvalue weighted by Gasteiger charge is 2.23. The van der Waals surface area contributed by atoms with Gasteiger partial charge in [-0.1, -0.05) is 50.6 Å². The van der Waals surface area contributed by atoms with Gasteiger partial charge in [-0.25, -0.2) is 13.9 Å². The van der Waals surface area contributed by atoms with E-state index < -0.39 is 11.8 Å². The van der Waals surface area contributed by atoms with Gasteiger partial charge in [0.25, 0.3) is 0 Å². The number of anilines is 2. The third-order valence-corrected chi connectivity index (χ3v) is 5.55. The highest BCUT2D eigenvalue weighted by Crippen LogP contribution is 2.27. The average molecular weight is 486 g/mol. The first kappa shape index (κ1) is 25.2. The summed E-state index contributed by atoms with van der Waals surface area (Å²) in [5.74, 6) is -0.429. The van der Waals surface area contributed by atoms with Crippen molar-refractivity contribution in [3.8, 4) is 5.69 Å². The Bertz CT molecular complexity index is 1200. The monoisotopic (exact) mass is 485 g/mol. The quantitative estimate of drug-likeness (QED) is 0.465. The minimum atomic E-state index is -0.578. The molecule has 0 fully saturated rings. The molecule has 0 spiro atoms. The van der Waals surface area contributed by atoms with Crippen LogP contribution in [0.15, 0.2) is 48.5 Å². The van der Waals surface area contributed by atoms with Crippen LogP contribution >= 0.6 is 11.6 Å². The number of carbonyl (C=O) groups excluding carboxylic acids is 2. The summed E-state index contributed by atoms with van der Waals surface area (Å²) >= 11 is 5.78. The number of nitrogens with one attached hydrogen (secondary N) is 2. The van der Waals surface area contributed by atoms with Crippen LogP contribution in [0, 0.1) is 12.7 Å². The zero-order valence-corrected chi connectivity index (χ0v) is 20.7. The summed E-state index contributed by atoms with van der Waals surface area (Å²) in [4.78, 5) is 26.9. The summed E-state index contributed by atoms with van der Waals surface area (Å²) in [5.41, 5.74) is 2.80. The fourth-order valence-corrected chi connectivity index (χ4v) is 3.46. The van der Waals surface area contributed by atoms with Crippen molar-refractivity contribution in [2.75, 3.05) is 23.7 Å². The number of aryl methyl sites for hydroxylation is 1. The van der Waals surface area contributed by atoms with E-state index in [4.69, 9.17) is 16.7 Å². The van der Waals surface area contributed by atoms with Crippen molar-refractivity contribution in [2.45, 2.75) is 40.0 Å². The lowest BCUT2D eigenvalue weighted by Gasteiger charge is -2.21. The normalized spacial score (nSPS) is 11.3. The second-order valence-corrected chi connectivity index (χ2v) is 9.39. The Morgan fingerprint density at radius 1 is 1.12 bits per heavy atom. The highest BCUT2D eigenvalue weighted by molar-refractivity contribution is 6.31. The van der Waals surface area contributed by atoms with Crippen molar-refractivity contribution < 1.29 is 14.0 Å². The Labute approximate surface area is 203 Å². The third kappa shape index (κ3) is 5.94. The Kier molecular flexibility index (Phi) is 7.61. The van der Waals surface area contributed by atoms with E-state index in [2.05, 4.69) is 10.6 Å². The molecule has 0 atom stereocenters. The molecular weight excluding hydrogens is 457 g/mol. The molecule has 34 heavy (non-hydrogen) atoms. The van der Waals surface area contributed by atoms with Gasteiger partial charge in [0.05, 0.1) is 16.4 Å². The van der Waals surface area contributed by atoms with Gasteiger partial charge in [-0.2, -0.15) is 5.10 Å². The molecule has 0 radical (unpaired) electrons. The van der Waals surface area contributed by atoms with Crippen LogP contribution in [0.25, 0.3) is 5.69 Å². The molecule has 1 aromatic heterocycles. The molecule has 2 aromatic carbocycles. The summed E-state index contributed by atoms with van der Waals surface area (Å²) < 4.78 is 15.1. The summed E-state index contributed by atoms with van der Waals surface area (Å²) in [7, 11) is 0. The highest BCUT2D eigenvalue weighted by atomic mass is 35.5. The smallest absolute Gasteiger partial charge is 0.315 e. The number of likely N-dealkylation sites (N-methyl/N-ethyl adjacent to an activating group) is 1. The van der Waals surface area contributed by atoms with Crippen LogP contribution in [0.1, 0.15) is 39.0 Å². The zero-order valence-electron chi connectivity index (χ0n) is 19.9. The van der Waals surface area contributed by atoms with Crippen molar-refractivity contribution >= 4 is 35.0 Å². The number of urea groups is 1. The summed E-state index contributed by atoms with van der Waals surface area (Å²) in [6.45, 7) is 10.00. The van der Waals surface area contributed by atoms with Crippen LogP contribution in [0.3, 0.4) is 0 Å². The molecule has 180 valence electrons. The predicted molar refractivity (Wildman–Crippen MR) is 133 cm³/mol. The molecule has 0 saturated carbocycles. The van der Waals surface area contributed by atoms with Crippen LogP contribution in [-0.4, -0.2) is 39.7 Å². The first-order valence-corrected chi connectivity index (χ1v) is 11.3. The fourth-order valence-electron chi connectivity index (χ4n) is 3.28. The third-order valence-electron chi connectivity index (χ3n) is 5.26. The molecule has 0 bridgehead atoms. The number of benzene rings is 2. The molecule has 9 heteroatoms. The van der Waals surface area contributed by atoms with E-state index in [9.17, 15) is 14.0 Å². The van der Waals surface area contributed by atoms with E-state index in [1.807, 2.05) is 58.0 Å². The maximum atomic E-state index is 13.4. The van der Waals surface area contributed by atoms with E-state index in [1.165, 1.54) is 23.1 Å². The Hall–Kier alpha value is -3.39.